The topological polar surface area (TPSA) is 111 Å². The van der Waals surface area contributed by atoms with Gasteiger partial charge in [0.15, 0.2) is 0 Å². The van der Waals surface area contributed by atoms with Crippen LogP contribution in [0.4, 0.5) is 4.79 Å². The highest BCUT2D eigenvalue weighted by Crippen LogP contribution is 2.44. The summed E-state index contributed by atoms with van der Waals surface area (Å²) in [5.41, 5.74) is 4.63. The normalized spacial score (nSPS) is 18.5. The summed E-state index contributed by atoms with van der Waals surface area (Å²) in [6, 6.07) is 21.0. The van der Waals surface area contributed by atoms with Crippen molar-refractivity contribution in [2.75, 3.05) is 13.2 Å². The molecule has 0 spiro atoms. The molecule has 1 saturated heterocycles. The van der Waals surface area contributed by atoms with E-state index in [0.29, 0.717) is 18.1 Å². The number of nitrogens with zero attached hydrogens (tertiary/aromatic N) is 1. The molecule has 6 rings (SSSR count). The molecule has 9 heteroatoms. The summed E-state index contributed by atoms with van der Waals surface area (Å²) in [5, 5.41) is 3.04. The Bertz CT molecular complexity index is 1400. The Morgan fingerprint density at radius 3 is 2.00 bits per heavy atom. The van der Waals surface area contributed by atoms with Gasteiger partial charge in [0.1, 0.15) is 12.6 Å². The molecule has 204 valence electrons. The van der Waals surface area contributed by atoms with E-state index in [0.717, 1.165) is 35.1 Å². The fourth-order valence-corrected chi connectivity index (χ4v) is 5.66. The molecule has 0 radical (unpaired) electrons. The number of imide groups is 1. The Hall–Kier alpha value is -4.50. The van der Waals surface area contributed by atoms with Gasteiger partial charge >= 0.3 is 12.1 Å². The largest absolute Gasteiger partial charge is 0.449 e. The second kappa shape index (κ2) is 10.9. The van der Waals surface area contributed by atoms with Crippen molar-refractivity contribution < 1.29 is 33.5 Å². The fraction of sp³-hybridized carbons (Fsp3) is 0.290. The van der Waals surface area contributed by atoms with Crippen molar-refractivity contribution >= 4 is 23.9 Å². The second-order valence-electron chi connectivity index (χ2n) is 10.1. The molecular formula is C31H28N2O7. The minimum absolute atomic E-state index is 0.0694. The van der Waals surface area contributed by atoms with Crippen LogP contribution in [0, 0.1) is 0 Å². The number of hydrogen-bond donors (Lipinski definition) is 1. The van der Waals surface area contributed by atoms with Gasteiger partial charge in [-0.3, -0.25) is 9.59 Å². The minimum Gasteiger partial charge on any atom is -0.449 e. The maximum absolute atomic E-state index is 13.2. The maximum Gasteiger partial charge on any atom is 0.407 e. The number of hydroxylamine groups is 2. The Labute approximate surface area is 231 Å². The van der Waals surface area contributed by atoms with E-state index in [4.69, 9.17) is 14.3 Å². The third-order valence-corrected chi connectivity index (χ3v) is 7.63. The van der Waals surface area contributed by atoms with Crippen LogP contribution < -0.4 is 5.32 Å². The monoisotopic (exact) mass is 540 g/mol. The number of carbonyl (C=O) groups is 4. The summed E-state index contributed by atoms with van der Waals surface area (Å²) in [6.45, 7) is 0.621. The molecule has 0 saturated carbocycles. The first-order chi connectivity index (χ1) is 19.5. The molecule has 40 heavy (non-hydrogen) atoms. The number of alkyl carbamates (subject to hydrolysis) is 1. The summed E-state index contributed by atoms with van der Waals surface area (Å²) in [4.78, 5) is 56.9. The predicted octanol–water partition coefficient (Wildman–Crippen LogP) is 4.61. The Balaban J connectivity index is 1.15. The first-order valence-corrected chi connectivity index (χ1v) is 13.4. The van der Waals surface area contributed by atoms with Crippen LogP contribution in [-0.2, 0) is 19.1 Å². The number of amides is 3. The zero-order chi connectivity index (χ0) is 27.6. The number of carbonyl (C=O) groups excluding carboxylic acids is 4. The van der Waals surface area contributed by atoms with Crippen molar-refractivity contribution in [2.24, 2.45) is 0 Å². The van der Waals surface area contributed by atoms with Crippen molar-refractivity contribution in [3.05, 3.63) is 95.1 Å². The third kappa shape index (κ3) is 4.84. The van der Waals surface area contributed by atoms with Gasteiger partial charge in [0.05, 0.1) is 17.2 Å². The smallest absolute Gasteiger partial charge is 0.407 e. The molecule has 2 unspecified atom stereocenters. The molecule has 3 amide bonds. The van der Waals surface area contributed by atoms with Gasteiger partial charge in [-0.15, -0.1) is 0 Å². The number of benzene rings is 3. The Kier molecular flexibility index (Phi) is 7.04. The summed E-state index contributed by atoms with van der Waals surface area (Å²) >= 11 is 0. The zero-order valence-corrected chi connectivity index (χ0v) is 21.7. The average Bonchev–Trinajstić information content (AvgIpc) is 3.43. The quantitative estimate of drug-likeness (QED) is 0.436. The van der Waals surface area contributed by atoms with Gasteiger partial charge in [0.2, 0.25) is 0 Å². The molecular weight excluding hydrogens is 512 g/mol. The maximum atomic E-state index is 13.2. The lowest BCUT2D eigenvalue weighted by Crippen LogP contribution is -2.47. The van der Waals surface area contributed by atoms with Gasteiger partial charge in [-0.2, -0.15) is 0 Å². The summed E-state index contributed by atoms with van der Waals surface area (Å²) in [6.07, 6.45) is 1.58. The van der Waals surface area contributed by atoms with Crippen LogP contribution in [0.25, 0.3) is 11.1 Å². The van der Waals surface area contributed by atoms with E-state index in [2.05, 4.69) is 5.32 Å². The molecule has 3 aliphatic rings. The van der Waals surface area contributed by atoms with Crippen LogP contribution >= 0.6 is 0 Å². The molecule has 9 nitrogen and oxygen atoms in total. The van der Waals surface area contributed by atoms with Gasteiger partial charge in [0, 0.05) is 18.9 Å². The van der Waals surface area contributed by atoms with Crippen molar-refractivity contribution in [1.29, 1.82) is 0 Å². The molecule has 0 bridgehead atoms. The molecule has 1 N–H and O–H groups in total. The number of hydrogen-bond acceptors (Lipinski definition) is 7. The average molecular weight is 541 g/mol. The number of ether oxygens (including phenoxy) is 2. The Morgan fingerprint density at radius 2 is 1.43 bits per heavy atom. The van der Waals surface area contributed by atoms with E-state index < -0.39 is 29.9 Å². The fourth-order valence-electron chi connectivity index (χ4n) is 5.66. The molecule has 0 aromatic heterocycles. The van der Waals surface area contributed by atoms with Crippen molar-refractivity contribution in [3.63, 3.8) is 0 Å². The predicted molar refractivity (Wildman–Crippen MR) is 143 cm³/mol. The summed E-state index contributed by atoms with van der Waals surface area (Å²) in [5.74, 6) is -2.56. The lowest BCUT2D eigenvalue weighted by Gasteiger charge is -2.27. The summed E-state index contributed by atoms with van der Waals surface area (Å²) in [7, 11) is 0. The summed E-state index contributed by atoms with van der Waals surface area (Å²) < 4.78 is 11.4. The van der Waals surface area contributed by atoms with Crippen molar-refractivity contribution in [2.45, 2.75) is 43.7 Å². The van der Waals surface area contributed by atoms with Crippen molar-refractivity contribution in [1.82, 2.24) is 10.4 Å². The number of rotatable bonds is 7. The van der Waals surface area contributed by atoms with E-state index in [1.807, 2.05) is 48.5 Å². The van der Waals surface area contributed by atoms with Gasteiger partial charge in [-0.05, 0) is 53.6 Å². The molecule has 1 aliphatic carbocycles. The van der Waals surface area contributed by atoms with Crippen LogP contribution in [-0.4, -0.2) is 54.3 Å². The van der Waals surface area contributed by atoms with Crippen LogP contribution in [0.2, 0.25) is 0 Å². The lowest BCUT2D eigenvalue weighted by molar-refractivity contribution is -0.172. The van der Waals surface area contributed by atoms with Gasteiger partial charge in [-0.25, -0.2) is 9.59 Å². The van der Waals surface area contributed by atoms with Gasteiger partial charge in [-0.1, -0.05) is 65.7 Å². The van der Waals surface area contributed by atoms with E-state index in [1.54, 1.807) is 12.1 Å². The molecule has 2 heterocycles. The van der Waals surface area contributed by atoms with Gasteiger partial charge in [0.25, 0.3) is 11.8 Å². The van der Waals surface area contributed by atoms with E-state index >= 15 is 0 Å². The molecule has 3 aromatic carbocycles. The first kappa shape index (κ1) is 25.8. The minimum atomic E-state index is -1.19. The van der Waals surface area contributed by atoms with Crippen LogP contribution in [0.3, 0.4) is 0 Å². The lowest BCUT2D eigenvalue weighted by atomic mass is 9.98. The van der Waals surface area contributed by atoms with Gasteiger partial charge < -0.3 is 19.6 Å². The van der Waals surface area contributed by atoms with E-state index in [-0.39, 0.29) is 36.2 Å². The molecule has 2 atom stereocenters. The second-order valence-corrected chi connectivity index (χ2v) is 10.1. The number of nitrogens with one attached hydrogen (secondary N) is 1. The van der Waals surface area contributed by atoms with E-state index in [1.165, 1.54) is 12.1 Å². The molecule has 2 aliphatic heterocycles. The van der Waals surface area contributed by atoms with Crippen LogP contribution in [0.5, 0.6) is 0 Å². The number of fused-ring (bicyclic) bond motifs is 4. The molecule has 3 aromatic rings. The highest BCUT2D eigenvalue weighted by atomic mass is 16.7. The standard InChI is InChI=1S/C31H28N2O7/c34-28-24-14-5-6-15-25(24)29(35)33(28)40-30(36)27(17-19-9-7-8-16-38-19)32-31(37)39-18-26-22-12-3-1-10-20(22)21-11-2-4-13-23(21)26/h1-6,10-15,19,26-27H,7-9,16-18H2,(H,32,37). The highest BCUT2D eigenvalue weighted by Gasteiger charge is 2.41. The third-order valence-electron chi connectivity index (χ3n) is 7.63. The van der Waals surface area contributed by atoms with E-state index in [9.17, 15) is 19.2 Å². The Morgan fingerprint density at radius 1 is 0.850 bits per heavy atom. The molecule has 1 fully saturated rings. The van der Waals surface area contributed by atoms with Crippen molar-refractivity contribution in [3.8, 4) is 11.1 Å². The first-order valence-electron chi connectivity index (χ1n) is 13.4. The zero-order valence-electron chi connectivity index (χ0n) is 21.7. The SMILES string of the molecule is O=C(NC(CC1CCCCO1)C(=O)ON1C(=O)c2ccccc2C1=O)OCC1c2ccccc2-c2ccccc21. The van der Waals surface area contributed by atoms with Crippen LogP contribution in [0.1, 0.15) is 63.4 Å². The van der Waals surface area contributed by atoms with Crippen LogP contribution in [0.15, 0.2) is 72.8 Å². The highest BCUT2D eigenvalue weighted by molar-refractivity contribution is 6.21.